The number of methoxy groups -OCH3 is 2. The molecule has 0 aliphatic rings. The second-order valence-electron chi connectivity index (χ2n) is 5.47. The fourth-order valence-electron chi connectivity index (χ4n) is 2.42. The van der Waals surface area contributed by atoms with Crippen LogP contribution in [0.4, 0.5) is 0 Å². The molecular weight excluding hydrogens is 320 g/mol. The van der Waals surface area contributed by atoms with Crippen LogP contribution in [0.25, 0.3) is 0 Å². The van der Waals surface area contributed by atoms with Crippen LogP contribution in [0, 0.1) is 0 Å². The molecule has 2 rings (SSSR count). The Bertz CT molecular complexity index is 662. The maximum Gasteiger partial charge on any atom is 0.166 e. The molecule has 0 spiro atoms. The first-order valence-corrected chi connectivity index (χ1v) is 8.35. The second-order valence-corrected chi connectivity index (χ2v) is 5.88. The number of hydrogen-bond acceptors (Lipinski definition) is 3. The van der Waals surface area contributed by atoms with Crippen LogP contribution in [0.3, 0.4) is 0 Å². The number of hydrogen-bond donors (Lipinski definition) is 2. The third-order valence-corrected chi connectivity index (χ3v) is 4.06. The fourth-order valence-corrected chi connectivity index (χ4v) is 2.70. The van der Waals surface area contributed by atoms with Gasteiger partial charge in [-0.15, -0.1) is 0 Å². The summed E-state index contributed by atoms with van der Waals surface area (Å²) in [6, 6.07) is 16.3. The molecule has 1 unspecified atom stereocenters. The minimum atomic E-state index is 0.0709. The van der Waals surface area contributed by atoms with E-state index in [1.54, 1.807) is 14.2 Å². The quantitative estimate of drug-likeness (QED) is 0.753. The standard InChI is InChI=1S/C19H24N2O2S/c1-14(16-9-10-17(22-2)18(13-16)23-3)21-19(24)20-12-11-15-7-5-4-6-8-15/h4-10,13-14H,11-12H2,1-3H3,(H2,20,21,24). The van der Waals surface area contributed by atoms with Crippen LogP contribution in [0.15, 0.2) is 48.5 Å². The molecule has 0 amide bonds. The molecule has 5 heteroatoms. The number of ether oxygens (including phenoxy) is 2. The van der Waals surface area contributed by atoms with Gasteiger partial charge in [0.1, 0.15) is 0 Å². The van der Waals surface area contributed by atoms with E-state index in [9.17, 15) is 0 Å². The Morgan fingerprint density at radius 3 is 2.42 bits per heavy atom. The van der Waals surface area contributed by atoms with E-state index in [1.807, 2.05) is 36.4 Å². The first-order chi connectivity index (χ1) is 11.6. The first kappa shape index (κ1) is 18.1. The zero-order valence-electron chi connectivity index (χ0n) is 14.3. The highest BCUT2D eigenvalue weighted by Crippen LogP contribution is 2.29. The SMILES string of the molecule is COc1ccc(C(C)NC(=S)NCCc2ccccc2)cc1OC. The third-order valence-electron chi connectivity index (χ3n) is 3.80. The number of rotatable bonds is 7. The maximum atomic E-state index is 5.38. The number of benzene rings is 2. The van der Waals surface area contributed by atoms with Gasteiger partial charge in [0.2, 0.25) is 0 Å². The van der Waals surface area contributed by atoms with Gasteiger partial charge in [0.15, 0.2) is 16.6 Å². The van der Waals surface area contributed by atoms with Gasteiger partial charge >= 0.3 is 0 Å². The van der Waals surface area contributed by atoms with Crippen molar-refractivity contribution in [2.75, 3.05) is 20.8 Å². The Kier molecular flexibility index (Phi) is 6.88. The van der Waals surface area contributed by atoms with E-state index in [2.05, 4.69) is 29.7 Å². The molecule has 0 saturated heterocycles. The topological polar surface area (TPSA) is 42.5 Å². The molecule has 0 heterocycles. The molecule has 0 fully saturated rings. The van der Waals surface area contributed by atoms with Crippen molar-refractivity contribution in [3.05, 3.63) is 59.7 Å². The third kappa shape index (κ3) is 5.13. The van der Waals surface area contributed by atoms with Gasteiger partial charge in [0.25, 0.3) is 0 Å². The van der Waals surface area contributed by atoms with E-state index in [-0.39, 0.29) is 6.04 Å². The molecule has 2 N–H and O–H groups in total. The first-order valence-electron chi connectivity index (χ1n) is 7.94. The van der Waals surface area contributed by atoms with Gasteiger partial charge in [-0.3, -0.25) is 0 Å². The summed E-state index contributed by atoms with van der Waals surface area (Å²) in [7, 11) is 3.26. The van der Waals surface area contributed by atoms with Gasteiger partial charge < -0.3 is 20.1 Å². The molecule has 1 atom stereocenters. The smallest absolute Gasteiger partial charge is 0.166 e. The molecule has 2 aromatic rings. The van der Waals surface area contributed by atoms with Crippen molar-refractivity contribution in [2.45, 2.75) is 19.4 Å². The van der Waals surface area contributed by atoms with Gasteiger partial charge in [0, 0.05) is 6.54 Å². The minimum Gasteiger partial charge on any atom is -0.493 e. The van der Waals surface area contributed by atoms with Crippen molar-refractivity contribution in [3.63, 3.8) is 0 Å². The van der Waals surface area contributed by atoms with E-state index >= 15 is 0 Å². The Balaban J connectivity index is 1.85. The lowest BCUT2D eigenvalue weighted by molar-refractivity contribution is 0.354. The molecule has 4 nitrogen and oxygen atoms in total. The van der Waals surface area contributed by atoms with Gasteiger partial charge in [-0.25, -0.2) is 0 Å². The molecule has 0 aromatic heterocycles. The number of thiocarbonyl (C=S) groups is 1. The highest BCUT2D eigenvalue weighted by atomic mass is 32.1. The maximum absolute atomic E-state index is 5.38. The fraction of sp³-hybridized carbons (Fsp3) is 0.316. The lowest BCUT2D eigenvalue weighted by Gasteiger charge is -2.19. The van der Waals surface area contributed by atoms with Crippen LogP contribution in [-0.2, 0) is 6.42 Å². The normalized spacial score (nSPS) is 11.5. The minimum absolute atomic E-state index is 0.0709. The summed E-state index contributed by atoms with van der Waals surface area (Å²) in [4.78, 5) is 0. The molecule has 0 saturated carbocycles. The summed E-state index contributed by atoms with van der Waals surface area (Å²) in [6.07, 6.45) is 0.938. The Morgan fingerprint density at radius 1 is 1.04 bits per heavy atom. The predicted molar refractivity (Wildman–Crippen MR) is 102 cm³/mol. The summed E-state index contributed by atoms with van der Waals surface area (Å²) >= 11 is 5.38. The van der Waals surface area contributed by atoms with E-state index in [0.717, 1.165) is 24.3 Å². The highest BCUT2D eigenvalue weighted by molar-refractivity contribution is 7.80. The molecule has 128 valence electrons. The number of nitrogens with one attached hydrogen (secondary N) is 2. The predicted octanol–water partition coefficient (Wildman–Crippen LogP) is 3.47. The Labute approximate surface area is 149 Å². The van der Waals surface area contributed by atoms with Gasteiger partial charge in [0.05, 0.1) is 20.3 Å². The van der Waals surface area contributed by atoms with Crippen molar-refractivity contribution >= 4 is 17.3 Å². The molecule has 0 aliphatic heterocycles. The average Bonchev–Trinajstić information content (AvgIpc) is 2.61. The van der Waals surface area contributed by atoms with Gasteiger partial charge in [-0.2, -0.15) is 0 Å². The highest BCUT2D eigenvalue weighted by Gasteiger charge is 2.11. The van der Waals surface area contributed by atoms with E-state index < -0.39 is 0 Å². The van der Waals surface area contributed by atoms with Crippen molar-refractivity contribution in [2.24, 2.45) is 0 Å². The Hall–Kier alpha value is -2.27. The zero-order chi connectivity index (χ0) is 17.4. The van der Waals surface area contributed by atoms with Crippen molar-refractivity contribution in [1.29, 1.82) is 0 Å². The van der Waals surface area contributed by atoms with Crippen LogP contribution < -0.4 is 20.1 Å². The van der Waals surface area contributed by atoms with E-state index in [0.29, 0.717) is 10.9 Å². The van der Waals surface area contributed by atoms with Crippen molar-refractivity contribution < 1.29 is 9.47 Å². The Morgan fingerprint density at radius 2 is 1.75 bits per heavy atom. The second kappa shape index (κ2) is 9.13. The van der Waals surface area contributed by atoms with Crippen LogP contribution in [-0.4, -0.2) is 25.9 Å². The van der Waals surface area contributed by atoms with E-state index in [4.69, 9.17) is 21.7 Å². The van der Waals surface area contributed by atoms with Crippen molar-refractivity contribution in [3.8, 4) is 11.5 Å². The molecular formula is C19H24N2O2S. The summed E-state index contributed by atoms with van der Waals surface area (Å²) in [6.45, 7) is 2.86. The molecule has 0 bridgehead atoms. The lowest BCUT2D eigenvalue weighted by atomic mass is 10.1. The average molecular weight is 344 g/mol. The molecule has 0 aliphatic carbocycles. The lowest BCUT2D eigenvalue weighted by Crippen LogP contribution is -2.37. The van der Waals surface area contributed by atoms with Crippen LogP contribution in [0.5, 0.6) is 11.5 Å². The summed E-state index contributed by atoms with van der Waals surface area (Å²) < 4.78 is 10.6. The van der Waals surface area contributed by atoms with Gasteiger partial charge in [-0.1, -0.05) is 36.4 Å². The largest absolute Gasteiger partial charge is 0.493 e. The van der Waals surface area contributed by atoms with Crippen molar-refractivity contribution in [1.82, 2.24) is 10.6 Å². The summed E-state index contributed by atoms with van der Waals surface area (Å²) in [5, 5.41) is 7.19. The van der Waals surface area contributed by atoms with Crippen LogP contribution in [0.2, 0.25) is 0 Å². The molecule has 2 aromatic carbocycles. The van der Waals surface area contributed by atoms with Crippen LogP contribution in [0.1, 0.15) is 24.1 Å². The monoisotopic (exact) mass is 344 g/mol. The van der Waals surface area contributed by atoms with E-state index in [1.165, 1.54) is 5.56 Å². The molecule has 0 radical (unpaired) electrons. The summed E-state index contributed by atoms with van der Waals surface area (Å²) in [5.74, 6) is 1.43. The van der Waals surface area contributed by atoms with Crippen LogP contribution >= 0.6 is 12.2 Å². The molecule has 24 heavy (non-hydrogen) atoms. The van der Waals surface area contributed by atoms with Gasteiger partial charge in [-0.05, 0) is 48.8 Å². The zero-order valence-corrected chi connectivity index (χ0v) is 15.2. The summed E-state index contributed by atoms with van der Waals surface area (Å²) in [5.41, 5.74) is 2.38.